The number of pyridine rings is 1. The summed E-state index contributed by atoms with van der Waals surface area (Å²) in [5.74, 6) is 0. The normalized spacial score (nSPS) is 20.0. The van der Waals surface area contributed by atoms with Gasteiger partial charge in [0, 0.05) is 38.1 Å². The summed E-state index contributed by atoms with van der Waals surface area (Å²) in [5, 5.41) is 3.34. The van der Waals surface area contributed by atoms with E-state index in [0.29, 0.717) is 6.10 Å². The van der Waals surface area contributed by atoms with E-state index in [0.717, 1.165) is 50.6 Å². The lowest BCUT2D eigenvalue weighted by molar-refractivity contribution is -0.00251. The Morgan fingerprint density at radius 1 is 1.45 bits per heavy atom. The number of hydrogen-bond donors (Lipinski definition) is 1. The van der Waals surface area contributed by atoms with E-state index < -0.39 is 0 Å². The molecule has 0 amide bonds. The fourth-order valence-electron chi connectivity index (χ4n) is 2.69. The molecule has 0 aromatic carbocycles. The van der Waals surface area contributed by atoms with E-state index in [1.165, 1.54) is 12.8 Å². The van der Waals surface area contributed by atoms with Crippen LogP contribution in [0.4, 0.5) is 5.69 Å². The van der Waals surface area contributed by atoms with Crippen molar-refractivity contribution in [2.45, 2.75) is 45.8 Å². The Balaban J connectivity index is 1.87. The minimum absolute atomic E-state index is 0.403. The summed E-state index contributed by atoms with van der Waals surface area (Å²) in [6.07, 6.45) is 5.81. The standard InChI is InChI=1S/C16H27N3O/c1-3-10-20-16-6-5-9-19(13-16)12-15-11-14(17-4-2)7-8-18-15/h7-8,11,16H,3-6,9-10,12-13H2,1-2H3,(H,17,18). The van der Waals surface area contributed by atoms with E-state index in [1.807, 2.05) is 12.3 Å². The molecule has 1 aliphatic heterocycles. The monoisotopic (exact) mass is 277 g/mol. The molecule has 0 bridgehead atoms. The number of anilines is 1. The molecule has 1 aromatic rings. The molecule has 0 spiro atoms. The molecule has 1 N–H and O–H groups in total. The minimum atomic E-state index is 0.403. The highest BCUT2D eigenvalue weighted by molar-refractivity contribution is 5.42. The lowest BCUT2D eigenvalue weighted by Gasteiger charge is -2.32. The summed E-state index contributed by atoms with van der Waals surface area (Å²) in [6.45, 7) is 9.21. The lowest BCUT2D eigenvalue weighted by atomic mass is 10.1. The number of nitrogens with zero attached hydrogens (tertiary/aromatic N) is 2. The smallest absolute Gasteiger partial charge is 0.0702 e. The highest BCUT2D eigenvalue weighted by Gasteiger charge is 2.20. The molecule has 1 fully saturated rings. The zero-order valence-electron chi connectivity index (χ0n) is 12.8. The third kappa shape index (κ3) is 4.76. The van der Waals surface area contributed by atoms with Gasteiger partial charge in [-0.05, 0) is 44.9 Å². The summed E-state index contributed by atoms with van der Waals surface area (Å²) in [5.41, 5.74) is 2.30. The minimum Gasteiger partial charge on any atom is -0.385 e. The predicted molar refractivity (Wildman–Crippen MR) is 82.9 cm³/mol. The largest absolute Gasteiger partial charge is 0.385 e. The van der Waals surface area contributed by atoms with Crippen molar-refractivity contribution >= 4 is 5.69 Å². The van der Waals surface area contributed by atoms with Gasteiger partial charge in [0.05, 0.1) is 11.8 Å². The predicted octanol–water partition coefficient (Wildman–Crippen LogP) is 2.90. The van der Waals surface area contributed by atoms with Gasteiger partial charge in [0.1, 0.15) is 0 Å². The molecular weight excluding hydrogens is 250 g/mol. The van der Waals surface area contributed by atoms with E-state index in [2.05, 4.69) is 35.1 Å². The van der Waals surface area contributed by atoms with Crippen LogP contribution < -0.4 is 5.32 Å². The molecule has 2 heterocycles. The number of ether oxygens (including phenoxy) is 1. The second kappa shape index (κ2) is 8.22. The van der Waals surface area contributed by atoms with E-state index in [4.69, 9.17) is 4.74 Å². The topological polar surface area (TPSA) is 37.4 Å². The Morgan fingerprint density at radius 3 is 3.15 bits per heavy atom. The van der Waals surface area contributed by atoms with Crippen molar-refractivity contribution in [3.05, 3.63) is 24.0 Å². The number of hydrogen-bond acceptors (Lipinski definition) is 4. The van der Waals surface area contributed by atoms with Crippen LogP contribution in [0.5, 0.6) is 0 Å². The maximum atomic E-state index is 5.89. The second-order valence-electron chi connectivity index (χ2n) is 5.44. The van der Waals surface area contributed by atoms with Gasteiger partial charge in [-0.15, -0.1) is 0 Å². The third-order valence-corrected chi connectivity index (χ3v) is 3.60. The SMILES string of the molecule is CCCOC1CCCN(Cc2cc(NCC)ccn2)C1. The van der Waals surface area contributed by atoms with Crippen molar-refractivity contribution in [2.24, 2.45) is 0 Å². The molecular formula is C16H27N3O. The fourth-order valence-corrected chi connectivity index (χ4v) is 2.69. The zero-order chi connectivity index (χ0) is 14.2. The van der Waals surface area contributed by atoms with Gasteiger partial charge in [-0.25, -0.2) is 0 Å². The first kappa shape index (κ1) is 15.3. The summed E-state index contributed by atoms with van der Waals surface area (Å²) < 4.78 is 5.89. The Hall–Kier alpha value is -1.13. The Bertz CT molecular complexity index is 397. The molecule has 0 saturated carbocycles. The molecule has 0 radical (unpaired) electrons. The van der Waals surface area contributed by atoms with Gasteiger partial charge in [0.25, 0.3) is 0 Å². The number of aromatic nitrogens is 1. The Labute approximate surface area is 122 Å². The molecule has 1 saturated heterocycles. The van der Waals surface area contributed by atoms with Crippen molar-refractivity contribution in [2.75, 3.05) is 31.6 Å². The molecule has 1 unspecified atom stereocenters. The quantitative estimate of drug-likeness (QED) is 0.831. The molecule has 1 aromatic heterocycles. The summed E-state index contributed by atoms with van der Waals surface area (Å²) in [4.78, 5) is 6.94. The van der Waals surface area contributed by atoms with Crippen molar-refractivity contribution < 1.29 is 4.74 Å². The van der Waals surface area contributed by atoms with Crippen LogP contribution in [0.2, 0.25) is 0 Å². The van der Waals surface area contributed by atoms with Gasteiger partial charge in [-0.1, -0.05) is 6.92 Å². The van der Waals surface area contributed by atoms with E-state index >= 15 is 0 Å². The average Bonchev–Trinajstić information content (AvgIpc) is 2.46. The molecule has 20 heavy (non-hydrogen) atoms. The molecule has 4 heteroatoms. The summed E-state index contributed by atoms with van der Waals surface area (Å²) in [6, 6.07) is 4.18. The molecule has 0 aliphatic carbocycles. The fraction of sp³-hybridized carbons (Fsp3) is 0.688. The molecule has 1 atom stereocenters. The maximum Gasteiger partial charge on any atom is 0.0702 e. The Morgan fingerprint density at radius 2 is 2.35 bits per heavy atom. The van der Waals surface area contributed by atoms with Gasteiger partial charge in [-0.3, -0.25) is 9.88 Å². The van der Waals surface area contributed by atoms with Crippen molar-refractivity contribution in [3.63, 3.8) is 0 Å². The first-order valence-electron chi connectivity index (χ1n) is 7.84. The zero-order valence-corrected chi connectivity index (χ0v) is 12.8. The van der Waals surface area contributed by atoms with Gasteiger partial charge in [0.2, 0.25) is 0 Å². The first-order valence-corrected chi connectivity index (χ1v) is 7.84. The molecule has 112 valence electrons. The van der Waals surface area contributed by atoms with Gasteiger partial charge in [0.15, 0.2) is 0 Å². The van der Waals surface area contributed by atoms with Crippen molar-refractivity contribution in [1.29, 1.82) is 0 Å². The van der Waals surface area contributed by atoms with Gasteiger partial charge >= 0.3 is 0 Å². The van der Waals surface area contributed by atoms with Crippen molar-refractivity contribution in [3.8, 4) is 0 Å². The van der Waals surface area contributed by atoms with Crippen LogP contribution in [-0.4, -0.2) is 42.2 Å². The molecule has 2 rings (SSSR count). The van der Waals surface area contributed by atoms with Gasteiger partial charge in [-0.2, -0.15) is 0 Å². The van der Waals surface area contributed by atoms with Crippen LogP contribution in [0.1, 0.15) is 38.8 Å². The van der Waals surface area contributed by atoms with Crippen LogP contribution in [0.25, 0.3) is 0 Å². The first-order chi connectivity index (χ1) is 9.81. The van der Waals surface area contributed by atoms with Crippen molar-refractivity contribution in [1.82, 2.24) is 9.88 Å². The second-order valence-corrected chi connectivity index (χ2v) is 5.44. The van der Waals surface area contributed by atoms with Crippen LogP contribution in [-0.2, 0) is 11.3 Å². The number of rotatable bonds is 7. The maximum absolute atomic E-state index is 5.89. The number of likely N-dealkylation sites (tertiary alicyclic amines) is 1. The highest BCUT2D eigenvalue weighted by atomic mass is 16.5. The van der Waals surface area contributed by atoms with E-state index in [-0.39, 0.29) is 0 Å². The van der Waals surface area contributed by atoms with E-state index in [9.17, 15) is 0 Å². The summed E-state index contributed by atoms with van der Waals surface area (Å²) >= 11 is 0. The van der Waals surface area contributed by atoms with E-state index in [1.54, 1.807) is 0 Å². The van der Waals surface area contributed by atoms with Crippen LogP contribution in [0.3, 0.4) is 0 Å². The van der Waals surface area contributed by atoms with Gasteiger partial charge < -0.3 is 10.1 Å². The van der Waals surface area contributed by atoms with Crippen LogP contribution in [0, 0.1) is 0 Å². The third-order valence-electron chi connectivity index (χ3n) is 3.60. The lowest BCUT2D eigenvalue weighted by Crippen LogP contribution is -2.39. The Kier molecular flexibility index (Phi) is 6.27. The number of piperidine rings is 1. The molecule has 1 aliphatic rings. The molecule has 4 nitrogen and oxygen atoms in total. The highest BCUT2D eigenvalue weighted by Crippen LogP contribution is 2.17. The number of nitrogens with one attached hydrogen (secondary N) is 1. The van der Waals surface area contributed by atoms with Crippen LogP contribution in [0.15, 0.2) is 18.3 Å². The average molecular weight is 277 g/mol. The summed E-state index contributed by atoms with van der Waals surface area (Å²) in [7, 11) is 0. The van der Waals surface area contributed by atoms with Crippen LogP contribution >= 0.6 is 0 Å².